The van der Waals surface area contributed by atoms with E-state index < -0.39 is 0 Å². The number of nitrogens with zero attached hydrogens (tertiary/aromatic N) is 3. The number of carbonyl (C=O) groups excluding carboxylic acids is 1. The molecule has 7 heteroatoms. The zero-order valence-electron chi connectivity index (χ0n) is 15.6. The molecule has 2 aromatic heterocycles. The van der Waals surface area contributed by atoms with E-state index in [2.05, 4.69) is 20.5 Å². The van der Waals surface area contributed by atoms with Gasteiger partial charge >= 0.3 is 0 Å². The first-order valence-corrected chi connectivity index (χ1v) is 9.21. The molecule has 0 saturated heterocycles. The van der Waals surface area contributed by atoms with E-state index in [0.29, 0.717) is 30.2 Å². The van der Waals surface area contributed by atoms with Gasteiger partial charge in [0, 0.05) is 30.3 Å². The molecule has 1 amide bonds. The van der Waals surface area contributed by atoms with Crippen molar-refractivity contribution in [1.29, 1.82) is 0 Å². The lowest BCUT2D eigenvalue weighted by molar-refractivity contribution is 0.0947. The fraction of sp³-hybridized carbons (Fsp3) is 0.0909. The standard InChI is InChI=1S/C22H19N5O2/c28-21-14-18(16-7-3-1-4-8-16)24-15-27(21)12-11-23-22(29)20-13-19(25-26-20)17-9-5-2-6-10-17/h1-10,13-15H,11-12H2,(H,23,29)(H,25,26). The SMILES string of the molecule is O=C(NCCn1cnc(-c2ccccc2)cc1=O)c1cc(-c2ccccc2)n[nH]1. The molecule has 0 aliphatic heterocycles. The third kappa shape index (κ3) is 4.30. The van der Waals surface area contributed by atoms with Gasteiger partial charge in [0.05, 0.1) is 17.7 Å². The number of aromatic nitrogens is 4. The Balaban J connectivity index is 1.36. The molecule has 0 fully saturated rings. The number of amides is 1. The highest BCUT2D eigenvalue weighted by atomic mass is 16.2. The Kier molecular flexibility index (Phi) is 5.29. The minimum absolute atomic E-state index is 0.166. The van der Waals surface area contributed by atoms with E-state index in [4.69, 9.17) is 0 Å². The van der Waals surface area contributed by atoms with Crippen LogP contribution in [0.4, 0.5) is 0 Å². The lowest BCUT2D eigenvalue weighted by Gasteiger charge is -2.07. The number of hydrogen-bond donors (Lipinski definition) is 2. The van der Waals surface area contributed by atoms with Crippen molar-refractivity contribution in [3.05, 3.63) is 95.2 Å². The van der Waals surface area contributed by atoms with Crippen LogP contribution in [0.1, 0.15) is 10.5 Å². The fourth-order valence-corrected chi connectivity index (χ4v) is 2.94. The van der Waals surface area contributed by atoms with Crippen LogP contribution in [0.25, 0.3) is 22.5 Å². The lowest BCUT2D eigenvalue weighted by atomic mass is 10.1. The number of aromatic amines is 1. The van der Waals surface area contributed by atoms with Crippen LogP contribution in [0, 0.1) is 0 Å². The molecule has 0 saturated carbocycles. The highest BCUT2D eigenvalue weighted by Crippen LogP contribution is 2.16. The van der Waals surface area contributed by atoms with Crippen LogP contribution in [-0.4, -0.2) is 32.2 Å². The van der Waals surface area contributed by atoms with Gasteiger partial charge < -0.3 is 5.32 Å². The summed E-state index contributed by atoms with van der Waals surface area (Å²) in [6.07, 6.45) is 1.50. The van der Waals surface area contributed by atoms with Gasteiger partial charge in [-0.3, -0.25) is 19.3 Å². The predicted molar refractivity (Wildman–Crippen MR) is 110 cm³/mol. The van der Waals surface area contributed by atoms with Crippen molar-refractivity contribution in [2.45, 2.75) is 6.54 Å². The number of hydrogen-bond acceptors (Lipinski definition) is 4. The van der Waals surface area contributed by atoms with Gasteiger partial charge in [0.1, 0.15) is 5.69 Å². The van der Waals surface area contributed by atoms with Crippen molar-refractivity contribution >= 4 is 5.91 Å². The number of carbonyl (C=O) groups is 1. The molecular weight excluding hydrogens is 366 g/mol. The molecule has 0 bridgehead atoms. The molecule has 2 N–H and O–H groups in total. The van der Waals surface area contributed by atoms with Crippen LogP contribution >= 0.6 is 0 Å². The highest BCUT2D eigenvalue weighted by Gasteiger charge is 2.11. The molecule has 7 nitrogen and oxygen atoms in total. The van der Waals surface area contributed by atoms with E-state index in [1.807, 2.05) is 60.7 Å². The Bertz CT molecular complexity index is 1170. The molecule has 2 heterocycles. The van der Waals surface area contributed by atoms with E-state index in [0.717, 1.165) is 11.1 Å². The summed E-state index contributed by atoms with van der Waals surface area (Å²) in [5.41, 5.74) is 3.35. The van der Waals surface area contributed by atoms with E-state index in [9.17, 15) is 9.59 Å². The smallest absolute Gasteiger partial charge is 0.269 e. The summed E-state index contributed by atoms with van der Waals surface area (Å²) in [5.74, 6) is -0.276. The highest BCUT2D eigenvalue weighted by molar-refractivity contribution is 5.93. The van der Waals surface area contributed by atoms with E-state index in [1.165, 1.54) is 17.0 Å². The maximum Gasteiger partial charge on any atom is 0.269 e. The van der Waals surface area contributed by atoms with Crippen molar-refractivity contribution < 1.29 is 4.79 Å². The van der Waals surface area contributed by atoms with Crippen molar-refractivity contribution in [1.82, 2.24) is 25.1 Å². The number of H-pyrrole nitrogens is 1. The minimum Gasteiger partial charge on any atom is -0.349 e. The molecule has 0 radical (unpaired) electrons. The van der Waals surface area contributed by atoms with Crippen LogP contribution in [0.2, 0.25) is 0 Å². The normalized spacial score (nSPS) is 10.6. The molecule has 29 heavy (non-hydrogen) atoms. The summed E-state index contributed by atoms with van der Waals surface area (Å²) in [6.45, 7) is 0.622. The average Bonchev–Trinajstić information content (AvgIpc) is 3.26. The predicted octanol–water partition coefficient (Wildman–Crippen LogP) is 2.73. The van der Waals surface area contributed by atoms with Crippen molar-refractivity contribution in [2.24, 2.45) is 0 Å². The topological polar surface area (TPSA) is 92.7 Å². The molecule has 0 unspecified atom stereocenters. The second-order valence-electron chi connectivity index (χ2n) is 6.46. The monoisotopic (exact) mass is 385 g/mol. The van der Waals surface area contributed by atoms with Crippen LogP contribution in [0.5, 0.6) is 0 Å². The molecule has 4 rings (SSSR count). The molecule has 0 spiro atoms. The molecule has 0 aliphatic rings. The van der Waals surface area contributed by atoms with E-state index in [1.54, 1.807) is 6.07 Å². The zero-order valence-corrected chi connectivity index (χ0v) is 15.6. The molecule has 2 aromatic carbocycles. The van der Waals surface area contributed by atoms with E-state index in [-0.39, 0.29) is 11.5 Å². The summed E-state index contributed by atoms with van der Waals surface area (Å²) in [6, 6.07) is 22.3. The zero-order chi connectivity index (χ0) is 20.1. The lowest BCUT2D eigenvalue weighted by Crippen LogP contribution is -2.31. The molecule has 4 aromatic rings. The minimum atomic E-state index is -0.276. The molecular formula is C22H19N5O2. The van der Waals surface area contributed by atoms with Gasteiger partial charge in [-0.25, -0.2) is 4.98 Å². The first kappa shape index (κ1) is 18.4. The third-order valence-corrected chi connectivity index (χ3v) is 4.48. The van der Waals surface area contributed by atoms with E-state index >= 15 is 0 Å². The molecule has 0 aliphatic carbocycles. The van der Waals surface area contributed by atoms with Gasteiger partial charge in [-0.2, -0.15) is 5.10 Å². The van der Waals surface area contributed by atoms with Crippen molar-refractivity contribution in [2.75, 3.05) is 6.54 Å². The second-order valence-corrected chi connectivity index (χ2v) is 6.46. The number of rotatable bonds is 6. The van der Waals surface area contributed by atoms with Crippen molar-refractivity contribution in [3.8, 4) is 22.5 Å². The van der Waals surface area contributed by atoms with Crippen LogP contribution < -0.4 is 10.9 Å². The third-order valence-electron chi connectivity index (χ3n) is 4.48. The average molecular weight is 385 g/mol. The quantitative estimate of drug-likeness (QED) is 0.534. The van der Waals surface area contributed by atoms with Crippen LogP contribution in [-0.2, 0) is 6.54 Å². The summed E-state index contributed by atoms with van der Waals surface area (Å²) in [7, 11) is 0. The Morgan fingerprint density at radius 3 is 2.24 bits per heavy atom. The van der Waals surface area contributed by atoms with Crippen molar-refractivity contribution in [3.63, 3.8) is 0 Å². The Labute approximate surface area is 167 Å². The maximum absolute atomic E-state index is 12.3. The summed E-state index contributed by atoms with van der Waals surface area (Å²) < 4.78 is 1.47. The fourth-order valence-electron chi connectivity index (χ4n) is 2.94. The Morgan fingerprint density at radius 2 is 1.59 bits per heavy atom. The van der Waals surface area contributed by atoms with Gasteiger partial charge in [0.2, 0.25) is 0 Å². The van der Waals surface area contributed by atoms with Gasteiger partial charge in [-0.05, 0) is 6.07 Å². The molecule has 0 atom stereocenters. The van der Waals surface area contributed by atoms with Gasteiger partial charge in [0.15, 0.2) is 0 Å². The number of benzene rings is 2. The summed E-state index contributed by atoms with van der Waals surface area (Å²) >= 11 is 0. The van der Waals surface area contributed by atoms with Gasteiger partial charge in [-0.1, -0.05) is 60.7 Å². The van der Waals surface area contributed by atoms with Crippen LogP contribution in [0.15, 0.2) is 83.9 Å². The number of nitrogens with one attached hydrogen (secondary N) is 2. The summed E-state index contributed by atoms with van der Waals surface area (Å²) in [5, 5.41) is 9.71. The van der Waals surface area contributed by atoms with Crippen LogP contribution in [0.3, 0.4) is 0 Å². The first-order chi connectivity index (χ1) is 14.2. The van der Waals surface area contributed by atoms with Gasteiger partial charge in [0.25, 0.3) is 11.5 Å². The first-order valence-electron chi connectivity index (χ1n) is 9.21. The second kappa shape index (κ2) is 8.35. The van der Waals surface area contributed by atoms with Gasteiger partial charge in [-0.15, -0.1) is 0 Å². The largest absolute Gasteiger partial charge is 0.349 e. The maximum atomic E-state index is 12.3. The molecule has 144 valence electrons. The summed E-state index contributed by atoms with van der Waals surface area (Å²) in [4.78, 5) is 29.0. The Hall–Kier alpha value is -4.00. The Morgan fingerprint density at radius 1 is 0.931 bits per heavy atom.